The summed E-state index contributed by atoms with van der Waals surface area (Å²) >= 11 is 3.37. The molecular weight excluding hydrogens is 354 g/mol. The molecule has 0 aliphatic rings. The maximum Gasteiger partial charge on any atom is 0.259 e. The average Bonchev–Trinajstić information content (AvgIpc) is 2.55. The lowest BCUT2D eigenvalue weighted by Gasteiger charge is -2.05. The minimum absolute atomic E-state index is 0.172. The third kappa shape index (κ3) is 5.87. The molecule has 2 N–H and O–H groups in total. The zero-order chi connectivity index (χ0) is 16.7. The SMILES string of the molecule is CC(C)c1ccc(/C=N\NC(=O)CNc2ccc(Br)cc2)cc1. The van der Waals surface area contributed by atoms with E-state index in [4.69, 9.17) is 0 Å². The van der Waals surface area contributed by atoms with Gasteiger partial charge in [0.1, 0.15) is 0 Å². The highest BCUT2D eigenvalue weighted by molar-refractivity contribution is 9.10. The van der Waals surface area contributed by atoms with E-state index in [0.29, 0.717) is 5.92 Å². The highest BCUT2D eigenvalue weighted by atomic mass is 79.9. The van der Waals surface area contributed by atoms with Crippen LogP contribution < -0.4 is 10.7 Å². The number of hydrazone groups is 1. The molecule has 2 aromatic carbocycles. The number of amides is 1. The van der Waals surface area contributed by atoms with Crippen LogP contribution in [0.2, 0.25) is 0 Å². The number of benzene rings is 2. The number of nitrogens with one attached hydrogen (secondary N) is 2. The Morgan fingerprint density at radius 1 is 1.13 bits per heavy atom. The molecule has 0 atom stereocenters. The third-order valence-electron chi connectivity index (χ3n) is 3.30. The van der Waals surface area contributed by atoms with Crippen molar-refractivity contribution in [3.63, 3.8) is 0 Å². The molecule has 5 heteroatoms. The Hall–Kier alpha value is -2.14. The molecular formula is C18H20BrN3O. The van der Waals surface area contributed by atoms with E-state index in [9.17, 15) is 4.79 Å². The molecule has 0 aliphatic carbocycles. The van der Waals surface area contributed by atoms with Crippen LogP contribution in [0.1, 0.15) is 30.9 Å². The molecule has 0 radical (unpaired) electrons. The van der Waals surface area contributed by atoms with Crippen molar-refractivity contribution >= 4 is 33.7 Å². The molecule has 23 heavy (non-hydrogen) atoms. The lowest BCUT2D eigenvalue weighted by Crippen LogP contribution is -2.25. The van der Waals surface area contributed by atoms with Crippen LogP contribution in [0, 0.1) is 0 Å². The molecule has 0 bridgehead atoms. The molecule has 4 nitrogen and oxygen atoms in total. The Balaban J connectivity index is 1.78. The molecule has 0 saturated carbocycles. The van der Waals surface area contributed by atoms with E-state index in [0.717, 1.165) is 15.7 Å². The normalized spacial score (nSPS) is 11.0. The summed E-state index contributed by atoms with van der Waals surface area (Å²) in [4.78, 5) is 11.7. The number of hydrogen-bond donors (Lipinski definition) is 2. The maximum atomic E-state index is 11.7. The molecule has 0 aliphatic heterocycles. The van der Waals surface area contributed by atoms with Crippen LogP contribution in [0.4, 0.5) is 5.69 Å². The van der Waals surface area contributed by atoms with Gasteiger partial charge in [0.25, 0.3) is 5.91 Å². The Labute approximate surface area is 145 Å². The van der Waals surface area contributed by atoms with Crippen LogP contribution in [0.15, 0.2) is 58.1 Å². The maximum absolute atomic E-state index is 11.7. The third-order valence-corrected chi connectivity index (χ3v) is 3.83. The predicted molar refractivity (Wildman–Crippen MR) is 98.9 cm³/mol. The quantitative estimate of drug-likeness (QED) is 0.590. The van der Waals surface area contributed by atoms with E-state index < -0.39 is 0 Å². The summed E-state index contributed by atoms with van der Waals surface area (Å²) in [6.45, 7) is 4.48. The van der Waals surface area contributed by atoms with Crippen molar-refractivity contribution in [2.45, 2.75) is 19.8 Å². The smallest absolute Gasteiger partial charge is 0.259 e. The number of rotatable bonds is 6. The minimum atomic E-state index is -0.192. The zero-order valence-corrected chi connectivity index (χ0v) is 14.8. The van der Waals surface area contributed by atoms with Gasteiger partial charge in [-0.3, -0.25) is 4.79 Å². The Bertz CT molecular complexity index is 664. The number of carbonyl (C=O) groups excluding carboxylic acids is 1. The fourth-order valence-corrected chi connectivity index (χ4v) is 2.20. The number of nitrogens with zero attached hydrogens (tertiary/aromatic N) is 1. The molecule has 120 valence electrons. The van der Waals surface area contributed by atoms with Crippen molar-refractivity contribution in [3.05, 3.63) is 64.1 Å². The van der Waals surface area contributed by atoms with Crippen LogP contribution in [0.25, 0.3) is 0 Å². The first kappa shape index (κ1) is 17.2. The Morgan fingerprint density at radius 3 is 2.39 bits per heavy atom. The first-order valence-corrected chi connectivity index (χ1v) is 8.25. The summed E-state index contributed by atoms with van der Waals surface area (Å²) in [6, 6.07) is 15.8. The van der Waals surface area contributed by atoms with E-state index in [2.05, 4.69) is 57.8 Å². The standard InChI is InChI=1S/C18H20BrN3O/c1-13(2)15-5-3-14(4-6-15)11-21-22-18(23)12-20-17-9-7-16(19)8-10-17/h3-11,13,20H,12H2,1-2H3,(H,22,23)/b21-11-. The average molecular weight is 374 g/mol. The molecule has 0 saturated heterocycles. The summed E-state index contributed by atoms with van der Waals surface area (Å²) in [5, 5.41) is 7.00. The highest BCUT2D eigenvalue weighted by Gasteiger charge is 2.00. The van der Waals surface area contributed by atoms with Crippen molar-refractivity contribution < 1.29 is 4.79 Å². The molecule has 1 amide bonds. The first-order valence-electron chi connectivity index (χ1n) is 7.46. The minimum Gasteiger partial charge on any atom is -0.376 e. The molecule has 0 fully saturated rings. The van der Waals surface area contributed by atoms with Crippen LogP contribution >= 0.6 is 15.9 Å². The van der Waals surface area contributed by atoms with Gasteiger partial charge >= 0.3 is 0 Å². The number of carbonyl (C=O) groups is 1. The second-order valence-electron chi connectivity index (χ2n) is 5.47. The van der Waals surface area contributed by atoms with Crippen molar-refractivity contribution in [2.24, 2.45) is 5.10 Å². The molecule has 0 aromatic heterocycles. The summed E-state index contributed by atoms with van der Waals surface area (Å²) < 4.78 is 1.00. The van der Waals surface area contributed by atoms with Gasteiger partial charge in [0.15, 0.2) is 0 Å². The predicted octanol–water partition coefficient (Wildman–Crippen LogP) is 4.13. The van der Waals surface area contributed by atoms with E-state index in [1.165, 1.54) is 5.56 Å². The summed E-state index contributed by atoms with van der Waals surface area (Å²) in [6.07, 6.45) is 1.64. The second-order valence-corrected chi connectivity index (χ2v) is 6.39. The van der Waals surface area contributed by atoms with E-state index >= 15 is 0 Å². The first-order chi connectivity index (χ1) is 11.0. The number of anilines is 1. The molecule has 0 unspecified atom stereocenters. The van der Waals surface area contributed by atoms with Crippen LogP contribution in [-0.4, -0.2) is 18.7 Å². The van der Waals surface area contributed by atoms with E-state index in [1.54, 1.807) is 6.21 Å². The summed E-state index contributed by atoms with van der Waals surface area (Å²) in [7, 11) is 0. The van der Waals surface area contributed by atoms with Gasteiger partial charge in [0.05, 0.1) is 12.8 Å². The van der Waals surface area contributed by atoms with Gasteiger partial charge in [0, 0.05) is 10.2 Å². The van der Waals surface area contributed by atoms with Gasteiger partial charge in [0.2, 0.25) is 0 Å². The van der Waals surface area contributed by atoms with Gasteiger partial charge in [-0.05, 0) is 41.3 Å². The summed E-state index contributed by atoms with van der Waals surface area (Å²) in [5.41, 5.74) is 5.63. The van der Waals surface area contributed by atoms with Crippen LogP contribution in [0.5, 0.6) is 0 Å². The largest absolute Gasteiger partial charge is 0.376 e. The topological polar surface area (TPSA) is 53.5 Å². The van der Waals surface area contributed by atoms with Crippen molar-refractivity contribution in [1.82, 2.24) is 5.43 Å². The van der Waals surface area contributed by atoms with Gasteiger partial charge in [-0.1, -0.05) is 54.0 Å². The summed E-state index contributed by atoms with van der Waals surface area (Å²) in [5.74, 6) is 0.313. The van der Waals surface area contributed by atoms with Gasteiger partial charge in [-0.2, -0.15) is 5.10 Å². The molecule has 2 rings (SSSR count). The van der Waals surface area contributed by atoms with Gasteiger partial charge in [-0.25, -0.2) is 5.43 Å². The lowest BCUT2D eigenvalue weighted by atomic mass is 10.0. The zero-order valence-electron chi connectivity index (χ0n) is 13.2. The second kappa shape index (κ2) is 8.48. The number of halogens is 1. The molecule has 2 aromatic rings. The van der Waals surface area contributed by atoms with Gasteiger partial charge in [-0.15, -0.1) is 0 Å². The molecule has 0 spiro atoms. The van der Waals surface area contributed by atoms with Crippen molar-refractivity contribution in [3.8, 4) is 0 Å². The lowest BCUT2D eigenvalue weighted by molar-refractivity contribution is -0.119. The number of hydrogen-bond acceptors (Lipinski definition) is 3. The highest BCUT2D eigenvalue weighted by Crippen LogP contribution is 2.14. The Morgan fingerprint density at radius 2 is 1.78 bits per heavy atom. The van der Waals surface area contributed by atoms with E-state index in [-0.39, 0.29) is 12.5 Å². The van der Waals surface area contributed by atoms with E-state index in [1.807, 2.05) is 36.4 Å². The fourth-order valence-electron chi connectivity index (χ4n) is 1.94. The van der Waals surface area contributed by atoms with Crippen molar-refractivity contribution in [2.75, 3.05) is 11.9 Å². The monoisotopic (exact) mass is 373 g/mol. The fraction of sp³-hybridized carbons (Fsp3) is 0.222. The van der Waals surface area contributed by atoms with Gasteiger partial charge < -0.3 is 5.32 Å². The van der Waals surface area contributed by atoms with Crippen molar-refractivity contribution in [1.29, 1.82) is 0 Å². The molecule has 0 heterocycles. The van der Waals surface area contributed by atoms with Crippen LogP contribution in [-0.2, 0) is 4.79 Å². The Kier molecular flexibility index (Phi) is 6.35. The van der Waals surface area contributed by atoms with Crippen LogP contribution in [0.3, 0.4) is 0 Å².